The summed E-state index contributed by atoms with van der Waals surface area (Å²) in [4.78, 5) is 8.42. The minimum Gasteiger partial charge on any atom is -0.314 e. The fraction of sp³-hybridized carbons (Fsp3) is 0.636. The quantitative estimate of drug-likeness (QED) is 0.848. The van der Waals surface area contributed by atoms with E-state index < -0.39 is 0 Å². The Hall–Kier alpha value is -0.230. The molecule has 0 amide bonds. The average molecular weight is 319 g/mol. The molecule has 1 aromatic rings. The summed E-state index contributed by atoms with van der Waals surface area (Å²) in [6.45, 7) is 7.56. The highest BCUT2D eigenvalue weighted by molar-refractivity contribution is 14.1. The van der Waals surface area contributed by atoms with Gasteiger partial charge in [-0.3, -0.25) is 0 Å². The zero-order valence-corrected chi connectivity index (χ0v) is 11.7. The van der Waals surface area contributed by atoms with Gasteiger partial charge < -0.3 is 5.32 Å². The van der Waals surface area contributed by atoms with E-state index in [9.17, 15) is 0 Å². The first-order valence-corrected chi connectivity index (χ1v) is 6.47. The number of hydrogen-bond donors (Lipinski definition) is 1. The highest BCUT2D eigenvalue weighted by Gasteiger charge is 2.20. The van der Waals surface area contributed by atoms with E-state index >= 15 is 0 Å². The first-order valence-electron chi connectivity index (χ1n) is 5.39. The van der Waals surface area contributed by atoms with E-state index in [0.29, 0.717) is 12.0 Å². The maximum atomic E-state index is 4.39. The van der Waals surface area contributed by atoms with Crippen LogP contribution in [0.5, 0.6) is 0 Å². The van der Waals surface area contributed by atoms with Crippen LogP contribution < -0.4 is 5.32 Å². The van der Waals surface area contributed by atoms with Crippen molar-refractivity contribution in [3.63, 3.8) is 0 Å². The Balaban J connectivity index is 2.87. The lowest BCUT2D eigenvalue weighted by atomic mass is 9.94. The number of aromatic nitrogens is 2. The van der Waals surface area contributed by atoms with E-state index in [4.69, 9.17) is 0 Å². The van der Waals surface area contributed by atoms with Crippen LogP contribution in [-0.2, 0) is 0 Å². The third-order valence-corrected chi connectivity index (χ3v) is 3.45. The second-order valence-corrected chi connectivity index (χ2v) is 4.78. The highest BCUT2D eigenvalue weighted by Crippen LogP contribution is 2.24. The minimum absolute atomic E-state index is 0.461. The first-order chi connectivity index (χ1) is 7.20. The van der Waals surface area contributed by atoms with Gasteiger partial charge in [-0.15, -0.1) is 0 Å². The molecule has 0 fully saturated rings. The topological polar surface area (TPSA) is 37.8 Å². The molecule has 0 aromatic carbocycles. The van der Waals surface area contributed by atoms with Gasteiger partial charge in [0.25, 0.3) is 0 Å². The molecule has 0 bridgehead atoms. The summed E-state index contributed by atoms with van der Waals surface area (Å²) >= 11 is 2.31. The summed E-state index contributed by atoms with van der Waals surface area (Å²) in [5, 5.41) is 3.46. The lowest BCUT2D eigenvalue weighted by molar-refractivity contribution is 0.450. The van der Waals surface area contributed by atoms with Crippen molar-refractivity contribution in [3.05, 3.63) is 21.8 Å². The molecule has 4 heteroatoms. The summed E-state index contributed by atoms with van der Waals surface area (Å²) in [6, 6.07) is 0.461. The molecule has 84 valence electrons. The molecule has 0 spiro atoms. The molecule has 0 aliphatic heterocycles. The van der Waals surface area contributed by atoms with Crippen molar-refractivity contribution in [1.29, 1.82) is 0 Å². The maximum absolute atomic E-state index is 4.39. The third-order valence-electron chi connectivity index (χ3n) is 2.62. The van der Waals surface area contributed by atoms with Gasteiger partial charge >= 0.3 is 0 Å². The Bertz CT molecular complexity index is 304. The molecule has 1 N–H and O–H groups in total. The van der Waals surface area contributed by atoms with Crippen molar-refractivity contribution in [2.45, 2.75) is 39.2 Å². The summed E-state index contributed by atoms with van der Waals surface area (Å²) < 4.78 is 1.16. The largest absolute Gasteiger partial charge is 0.314 e. The Labute approximate surface area is 105 Å². The van der Waals surface area contributed by atoms with Gasteiger partial charge in [0.15, 0.2) is 0 Å². The lowest BCUT2D eigenvalue weighted by Crippen LogP contribution is -2.32. The second kappa shape index (κ2) is 6.37. The van der Waals surface area contributed by atoms with Crippen LogP contribution in [0, 0.1) is 3.57 Å². The van der Waals surface area contributed by atoms with E-state index in [2.05, 4.69) is 58.6 Å². The van der Waals surface area contributed by atoms with Gasteiger partial charge in [-0.25, -0.2) is 9.97 Å². The SMILES string of the molecule is CCNC(C)C(CC)c1ncncc1I. The molecule has 0 radical (unpaired) electrons. The zero-order chi connectivity index (χ0) is 11.3. The van der Waals surface area contributed by atoms with E-state index in [1.54, 1.807) is 6.33 Å². The molecule has 3 nitrogen and oxygen atoms in total. The standard InChI is InChI=1S/C11H18IN3/c1-4-9(8(3)14-5-2)11-10(12)6-13-7-15-11/h6-9,14H,4-5H2,1-3H3. The second-order valence-electron chi connectivity index (χ2n) is 3.62. The van der Waals surface area contributed by atoms with Gasteiger partial charge in [-0.1, -0.05) is 13.8 Å². The molecule has 0 aliphatic rings. The summed E-state index contributed by atoms with van der Waals surface area (Å²) in [7, 11) is 0. The van der Waals surface area contributed by atoms with Crippen LogP contribution >= 0.6 is 22.6 Å². The molecule has 1 heterocycles. The minimum atomic E-state index is 0.461. The number of rotatable bonds is 5. The Morgan fingerprint density at radius 3 is 2.73 bits per heavy atom. The van der Waals surface area contributed by atoms with Gasteiger partial charge in [0.1, 0.15) is 6.33 Å². The normalized spacial score (nSPS) is 14.9. The number of hydrogen-bond acceptors (Lipinski definition) is 3. The van der Waals surface area contributed by atoms with Crippen LogP contribution in [0.4, 0.5) is 0 Å². The molecule has 1 rings (SSSR count). The Morgan fingerprint density at radius 1 is 1.47 bits per heavy atom. The third kappa shape index (κ3) is 3.38. The summed E-state index contributed by atoms with van der Waals surface area (Å²) in [6.07, 6.45) is 4.62. The van der Waals surface area contributed by atoms with Crippen LogP contribution in [0.15, 0.2) is 12.5 Å². The summed E-state index contributed by atoms with van der Waals surface area (Å²) in [5.74, 6) is 0.472. The average Bonchev–Trinajstić information content (AvgIpc) is 2.22. The van der Waals surface area contributed by atoms with E-state index in [-0.39, 0.29) is 0 Å². The number of nitrogens with zero attached hydrogens (tertiary/aromatic N) is 2. The number of halogens is 1. The van der Waals surface area contributed by atoms with Crippen molar-refractivity contribution in [2.24, 2.45) is 0 Å². The fourth-order valence-corrected chi connectivity index (χ4v) is 2.54. The Morgan fingerprint density at radius 2 is 2.20 bits per heavy atom. The van der Waals surface area contributed by atoms with Crippen molar-refractivity contribution in [3.8, 4) is 0 Å². The highest BCUT2D eigenvalue weighted by atomic mass is 127. The van der Waals surface area contributed by atoms with Gasteiger partial charge in [0.05, 0.1) is 9.26 Å². The van der Waals surface area contributed by atoms with Crippen LogP contribution in [0.25, 0.3) is 0 Å². The molecule has 15 heavy (non-hydrogen) atoms. The van der Waals surface area contributed by atoms with Crippen molar-refractivity contribution >= 4 is 22.6 Å². The van der Waals surface area contributed by atoms with Crippen molar-refractivity contribution in [2.75, 3.05) is 6.54 Å². The first kappa shape index (κ1) is 12.8. The molecular weight excluding hydrogens is 301 g/mol. The van der Waals surface area contributed by atoms with Crippen LogP contribution in [0.1, 0.15) is 38.8 Å². The number of likely N-dealkylation sites (N-methyl/N-ethyl adjacent to an activating group) is 1. The van der Waals surface area contributed by atoms with Gasteiger partial charge in [-0.2, -0.15) is 0 Å². The van der Waals surface area contributed by atoms with Crippen LogP contribution in [0.3, 0.4) is 0 Å². The Kier molecular flexibility index (Phi) is 5.45. The van der Waals surface area contributed by atoms with Crippen molar-refractivity contribution in [1.82, 2.24) is 15.3 Å². The molecule has 0 aliphatic carbocycles. The van der Waals surface area contributed by atoms with E-state index in [1.807, 2.05) is 6.20 Å². The van der Waals surface area contributed by atoms with E-state index in [1.165, 1.54) is 5.69 Å². The predicted octanol–water partition coefficient (Wildman–Crippen LogP) is 2.57. The van der Waals surface area contributed by atoms with E-state index in [0.717, 1.165) is 16.5 Å². The van der Waals surface area contributed by atoms with Crippen LogP contribution in [0.2, 0.25) is 0 Å². The molecule has 2 unspecified atom stereocenters. The summed E-state index contributed by atoms with van der Waals surface area (Å²) in [5.41, 5.74) is 1.17. The van der Waals surface area contributed by atoms with Crippen LogP contribution in [-0.4, -0.2) is 22.6 Å². The molecule has 1 aromatic heterocycles. The van der Waals surface area contributed by atoms with Gasteiger partial charge in [-0.05, 0) is 42.5 Å². The molecule has 2 atom stereocenters. The zero-order valence-electron chi connectivity index (χ0n) is 9.50. The maximum Gasteiger partial charge on any atom is 0.115 e. The molecular formula is C11H18IN3. The lowest BCUT2D eigenvalue weighted by Gasteiger charge is -2.23. The predicted molar refractivity (Wildman–Crippen MR) is 70.9 cm³/mol. The number of nitrogens with one attached hydrogen (secondary N) is 1. The van der Waals surface area contributed by atoms with Gasteiger partial charge in [0.2, 0.25) is 0 Å². The monoisotopic (exact) mass is 319 g/mol. The van der Waals surface area contributed by atoms with Crippen molar-refractivity contribution < 1.29 is 0 Å². The fourth-order valence-electron chi connectivity index (χ4n) is 1.84. The smallest absolute Gasteiger partial charge is 0.115 e. The molecule has 0 saturated heterocycles. The molecule has 0 saturated carbocycles. The van der Waals surface area contributed by atoms with Gasteiger partial charge in [0, 0.05) is 18.2 Å².